The van der Waals surface area contributed by atoms with Gasteiger partial charge in [0.1, 0.15) is 24.1 Å². The van der Waals surface area contributed by atoms with E-state index in [0.29, 0.717) is 22.9 Å². The second-order valence-electron chi connectivity index (χ2n) is 10.7. The zero-order valence-electron chi connectivity index (χ0n) is 24.8. The molecular formula is C31H38ClN3O6S. The van der Waals surface area contributed by atoms with E-state index < -0.39 is 34.1 Å². The van der Waals surface area contributed by atoms with Crippen LogP contribution in [0.15, 0.2) is 77.7 Å². The molecule has 11 heteroatoms. The zero-order valence-corrected chi connectivity index (χ0v) is 26.3. The van der Waals surface area contributed by atoms with Crippen molar-refractivity contribution in [3.05, 3.63) is 83.4 Å². The number of carbonyl (C=O) groups excluding carboxylic acids is 2. The number of hydrogen-bond donors (Lipinski definition) is 1. The minimum Gasteiger partial charge on any atom is -0.497 e. The fourth-order valence-electron chi connectivity index (χ4n) is 4.31. The molecule has 0 aliphatic carbocycles. The maximum atomic E-state index is 14.1. The number of halogens is 1. The molecule has 3 aromatic rings. The molecule has 226 valence electrons. The molecule has 1 atom stereocenters. The monoisotopic (exact) mass is 615 g/mol. The smallest absolute Gasteiger partial charge is 0.264 e. The Morgan fingerprint density at radius 2 is 1.40 bits per heavy atom. The Labute approximate surface area is 253 Å². The lowest BCUT2D eigenvalue weighted by molar-refractivity contribution is -0.141. The first-order valence-corrected chi connectivity index (χ1v) is 15.3. The van der Waals surface area contributed by atoms with Gasteiger partial charge in [0.05, 0.1) is 24.8 Å². The summed E-state index contributed by atoms with van der Waals surface area (Å²) in [6.45, 7) is 6.92. The van der Waals surface area contributed by atoms with E-state index in [1.165, 1.54) is 48.4 Å². The van der Waals surface area contributed by atoms with E-state index in [-0.39, 0.29) is 23.0 Å². The van der Waals surface area contributed by atoms with Crippen LogP contribution in [0.25, 0.3) is 0 Å². The summed E-state index contributed by atoms with van der Waals surface area (Å²) in [6, 6.07) is 18.4. The first kappa shape index (κ1) is 32.8. The molecule has 0 aromatic heterocycles. The number of rotatable bonds is 12. The van der Waals surface area contributed by atoms with E-state index in [4.69, 9.17) is 21.1 Å². The number of nitrogens with zero attached hydrogens (tertiary/aromatic N) is 2. The van der Waals surface area contributed by atoms with Crippen molar-refractivity contribution < 1.29 is 27.5 Å². The zero-order chi connectivity index (χ0) is 31.1. The van der Waals surface area contributed by atoms with Gasteiger partial charge in [0.15, 0.2) is 0 Å². The van der Waals surface area contributed by atoms with Crippen LogP contribution < -0.4 is 19.1 Å². The number of carbonyl (C=O) groups is 2. The van der Waals surface area contributed by atoms with Gasteiger partial charge < -0.3 is 19.7 Å². The third-order valence-corrected chi connectivity index (χ3v) is 8.48. The summed E-state index contributed by atoms with van der Waals surface area (Å²) in [4.78, 5) is 29.0. The fourth-order valence-corrected chi connectivity index (χ4v) is 5.85. The molecular weight excluding hydrogens is 578 g/mol. The van der Waals surface area contributed by atoms with Crippen LogP contribution in [0.5, 0.6) is 11.5 Å². The van der Waals surface area contributed by atoms with Gasteiger partial charge in [-0.15, -0.1) is 0 Å². The lowest BCUT2D eigenvalue weighted by atomic mass is 10.1. The molecule has 3 aromatic carbocycles. The highest BCUT2D eigenvalue weighted by molar-refractivity contribution is 7.92. The molecule has 2 amide bonds. The number of sulfonamides is 1. The second kappa shape index (κ2) is 13.9. The van der Waals surface area contributed by atoms with Crippen molar-refractivity contribution >= 4 is 39.1 Å². The molecule has 0 aliphatic rings. The van der Waals surface area contributed by atoms with Gasteiger partial charge in [0.2, 0.25) is 11.8 Å². The van der Waals surface area contributed by atoms with Gasteiger partial charge in [-0.1, -0.05) is 30.7 Å². The molecule has 0 saturated carbocycles. The minimum absolute atomic E-state index is 0.0229. The summed E-state index contributed by atoms with van der Waals surface area (Å²) in [6.07, 6.45) is 0.315. The van der Waals surface area contributed by atoms with E-state index in [0.717, 1.165) is 9.87 Å². The largest absolute Gasteiger partial charge is 0.497 e. The summed E-state index contributed by atoms with van der Waals surface area (Å²) in [7, 11) is -1.17. The van der Waals surface area contributed by atoms with E-state index in [1.54, 1.807) is 43.5 Å². The summed E-state index contributed by atoms with van der Waals surface area (Å²) < 4.78 is 39.4. The molecule has 0 saturated heterocycles. The number of benzene rings is 3. The van der Waals surface area contributed by atoms with Crippen LogP contribution in [-0.4, -0.2) is 57.5 Å². The van der Waals surface area contributed by atoms with E-state index in [2.05, 4.69) is 5.32 Å². The number of amides is 2. The van der Waals surface area contributed by atoms with Crippen molar-refractivity contribution in [1.82, 2.24) is 10.2 Å². The summed E-state index contributed by atoms with van der Waals surface area (Å²) in [5.41, 5.74) is 0.467. The van der Waals surface area contributed by atoms with Crippen molar-refractivity contribution in [2.45, 2.75) is 57.1 Å². The predicted molar refractivity (Wildman–Crippen MR) is 164 cm³/mol. The Morgan fingerprint density at radius 3 is 1.88 bits per heavy atom. The van der Waals surface area contributed by atoms with Gasteiger partial charge in [-0.05, 0) is 93.4 Å². The van der Waals surface area contributed by atoms with E-state index >= 15 is 0 Å². The fraction of sp³-hybridized carbons (Fsp3) is 0.355. The Kier molecular flexibility index (Phi) is 10.9. The number of ether oxygens (including phenoxy) is 2. The molecule has 0 spiro atoms. The van der Waals surface area contributed by atoms with Gasteiger partial charge in [0, 0.05) is 17.1 Å². The van der Waals surface area contributed by atoms with E-state index in [9.17, 15) is 18.0 Å². The van der Waals surface area contributed by atoms with Gasteiger partial charge in [-0.3, -0.25) is 13.9 Å². The first-order chi connectivity index (χ1) is 19.8. The van der Waals surface area contributed by atoms with Gasteiger partial charge >= 0.3 is 0 Å². The maximum Gasteiger partial charge on any atom is 0.264 e. The average molecular weight is 616 g/mol. The predicted octanol–water partition coefficient (Wildman–Crippen LogP) is 5.27. The van der Waals surface area contributed by atoms with Crippen LogP contribution >= 0.6 is 11.6 Å². The third kappa shape index (κ3) is 8.39. The van der Waals surface area contributed by atoms with Crippen LogP contribution in [0.4, 0.5) is 5.69 Å². The second-order valence-corrected chi connectivity index (χ2v) is 13.0. The Morgan fingerprint density at radius 1 is 0.881 bits per heavy atom. The van der Waals surface area contributed by atoms with Gasteiger partial charge in [-0.25, -0.2) is 8.42 Å². The van der Waals surface area contributed by atoms with Gasteiger partial charge in [0.25, 0.3) is 10.0 Å². The summed E-state index contributed by atoms with van der Waals surface area (Å²) in [5.74, 6) is 0.259. The van der Waals surface area contributed by atoms with E-state index in [1.807, 2.05) is 27.7 Å². The van der Waals surface area contributed by atoms with Crippen molar-refractivity contribution in [2.75, 3.05) is 25.1 Å². The number of hydrogen-bond acceptors (Lipinski definition) is 6. The van der Waals surface area contributed by atoms with Crippen molar-refractivity contribution in [2.24, 2.45) is 0 Å². The van der Waals surface area contributed by atoms with Crippen LogP contribution in [0.1, 0.15) is 39.7 Å². The topological polar surface area (TPSA) is 105 Å². The molecule has 0 aliphatic heterocycles. The van der Waals surface area contributed by atoms with Crippen molar-refractivity contribution in [3.8, 4) is 11.5 Å². The number of nitrogens with one attached hydrogen (secondary N) is 1. The van der Waals surface area contributed by atoms with Crippen LogP contribution in [-0.2, 0) is 26.2 Å². The highest BCUT2D eigenvalue weighted by atomic mass is 35.5. The molecule has 3 rings (SSSR count). The molecule has 1 N–H and O–H groups in total. The van der Waals surface area contributed by atoms with Crippen LogP contribution in [0.2, 0.25) is 5.02 Å². The summed E-state index contributed by atoms with van der Waals surface area (Å²) in [5, 5.41) is 3.37. The van der Waals surface area contributed by atoms with Crippen molar-refractivity contribution in [3.63, 3.8) is 0 Å². The van der Waals surface area contributed by atoms with Crippen LogP contribution in [0.3, 0.4) is 0 Å². The molecule has 0 fully saturated rings. The molecule has 42 heavy (non-hydrogen) atoms. The van der Waals surface area contributed by atoms with Gasteiger partial charge in [-0.2, -0.15) is 0 Å². The Hall–Kier alpha value is -3.76. The molecule has 0 bridgehead atoms. The summed E-state index contributed by atoms with van der Waals surface area (Å²) >= 11 is 6.09. The Bertz CT molecular complexity index is 1450. The number of methoxy groups -OCH3 is 2. The molecule has 0 heterocycles. The molecule has 0 radical (unpaired) electrons. The van der Waals surface area contributed by atoms with Crippen LogP contribution in [0, 0.1) is 0 Å². The molecule has 9 nitrogen and oxygen atoms in total. The lowest BCUT2D eigenvalue weighted by Crippen LogP contribution is -2.55. The van der Waals surface area contributed by atoms with Crippen molar-refractivity contribution in [1.29, 1.82) is 0 Å². The highest BCUT2D eigenvalue weighted by Gasteiger charge is 2.34. The standard InChI is InChI=1S/C31H38ClN3O6S/c1-7-28(30(37)33-31(2,3)4)34(20-22-8-14-25(40-5)15-9-22)29(36)21-35(24-12-10-23(32)11-13-24)42(38,39)27-18-16-26(41-6)17-19-27/h8-19,28H,7,20-21H2,1-6H3,(H,33,37). The highest BCUT2D eigenvalue weighted by Crippen LogP contribution is 2.27. The Balaban J connectivity index is 2.06. The number of anilines is 1. The SMILES string of the molecule is CCC(C(=O)NC(C)(C)C)N(Cc1ccc(OC)cc1)C(=O)CN(c1ccc(Cl)cc1)S(=O)(=O)c1ccc(OC)cc1. The first-order valence-electron chi connectivity index (χ1n) is 13.5. The maximum absolute atomic E-state index is 14.1. The minimum atomic E-state index is -4.21. The lowest BCUT2D eigenvalue weighted by Gasteiger charge is -2.34. The quantitative estimate of drug-likeness (QED) is 0.297. The normalized spacial score (nSPS) is 12.3. The third-order valence-electron chi connectivity index (χ3n) is 6.44. The average Bonchev–Trinajstić information content (AvgIpc) is 2.95. The molecule has 1 unspecified atom stereocenters.